The van der Waals surface area contributed by atoms with Crippen LogP contribution in [0, 0.1) is 0 Å². The third-order valence-electron chi connectivity index (χ3n) is 6.37. The van der Waals surface area contributed by atoms with E-state index in [0.717, 1.165) is 11.1 Å². The topological polar surface area (TPSA) is 112 Å². The number of carbonyl (C=O) groups excluding carboxylic acids is 2. The van der Waals surface area contributed by atoms with Gasteiger partial charge < -0.3 is 24.8 Å². The molecule has 9 heteroatoms. The van der Waals surface area contributed by atoms with E-state index in [4.69, 9.17) is 14.2 Å². The number of fused-ring (bicyclic) bond motifs is 1. The fourth-order valence-electron chi connectivity index (χ4n) is 4.70. The van der Waals surface area contributed by atoms with Crippen molar-refractivity contribution in [3.63, 3.8) is 0 Å². The lowest BCUT2D eigenvalue weighted by Crippen LogP contribution is -2.52. The van der Waals surface area contributed by atoms with Crippen LogP contribution in [-0.4, -0.2) is 65.3 Å². The molecule has 2 aliphatic heterocycles. The minimum absolute atomic E-state index is 0.207. The molecule has 0 aliphatic carbocycles. The molecule has 2 aromatic carbocycles. The van der Waals surface area contributed by atoms with E-state index in [1.807, 2.05) is 56.3 Å². The second-order valence-electron chi connectivity index (χ2n) is 9.42. The maximum atomic E-state index is 12.9. The zero-order valence-electron chi connectivity index (χ0n) is 20.1. The van der Waals surface area contributed by atoms with Gasteiger partial charge in [0.15, 0.2) is 5.79 Å². The zero-order chi connectivity index (χ0) is 25.2. The summed E-state index contributed by atoms with van der Waals surface area (Å²) >= 11 is 0. The number of amides is 2. The van der Waals surface area contributed by atoms with Gasteiger partial charge in [-0.3, -0.25) is 9.59 Å². The standard InChI is InChI=1S/C27H28N4O5/c1-26(2)35-23-22(15-28-25(33)21-12-13-30-31-14-21)34-17-27(23,36-26)16-29-24(32)20-10-8-19(9-11-20)18-6-4-3-5-7-18/h3-14,22-23H,15-17H2,1-2H3,(H,28,33)(H,29,32)/t22-,23-,27+/m1/s1. The van der Waals surface area contributed by atoms with Crippen LogP contribution in [0.5, 0.6) is 0 Å². The molecule has 9 nitrogen and oxygen atoms in total. The third-order valence-corrected chi connectivity index (χ3v) is 6.37. The largest absolute Gasteiger partial charge is 0.370 e. The van der Waals surface area contributed by atoms with Crippen molar-refractivity contribution in [2.24, 2.45) is 0 Å². The quantitative estimate of drug-likeness (QED) is 0.526. The van der Waals surface area contributed by atoms with Crippen molar-refractivity contribution in [1.82, 2.24) is 20.8 Å². The van der Waals surface area contributed by atoms with Crippen molar-refractivity contribution >= 4 is 11.8 Å². The summed E-state index contributed by atoms with van der Waals surface area (Å²) in [4.78, 5) is 25.4. The Kier molecular flexibility index (Phi) is 6.53. The average molecular weight is 489 g/mol. The Bertz CT molecular complexity index is 1220. The van der Waals surface area contributed by atoms with E-state index < -0.39 is 23.6 Å². The molecule has 5 rings (SSSR count). The van der Waals surface area contributed by atoms with Crippen LogP contribution < -0.4 is 10.6 Å². The molecule has 3 heterocycles. The van der Waals surface area contributed by atoms with Gasteiger partial charge in [-0.25, -0.2) is 0 Å². The van der Waals surface area contributed by atoms with E-state index in [9.17, 15) is 9.59 Å². The van der Waals surface area contributed by atoms with E-state index in [1.165, 1.54) is 12.4 Å². The summed E-state index contributed by atoms with van der Waals surface area (Å²) in [6.07, 6.45) is 1.95. The molecule has 36 heavy (non-hydrogen) atoms. The molecule has 2 aliphatic rings. The van der Waals surface area contributed by atoms with Gasteiger partial charge in [0.2, 0.25) is 0 Å². The van der Waals surface area contributed by atoms with Gasteiger partial charge >= 0.3 is 0 Å². The van der Waals surface area contributed by atoms with Crippen LogP contribution >= 0.6 is 0 Å². The van der Waals surface area contributed by atoms with Crippen molar-refractivity contribution in [1.29, 1.82) is 0 Å². The lowest BCUT2D eigenvalue weighted by Gasteiger charge is -2.27. The molecular formula is C27H28N4O5. The number of rotatable bonds is 7. The number of aromatic nitrogens is 2. The smallest absolute Gasteiger partial charge is 0.253 e. The van der Waals surface area contributed by atoms with Crippen molar-refractivity contribution in [2.45, 2.75) is 37.4 Å². The molecule has 0 spiro atoms. The van der Waals surface area contributed by atoms with Crippen LogP contribution in [0.1, 0.15) is 34.6 Å². The molecule has 0 radical (unpaired) electrons. The van der Waals surface area contributed by atoms with Crippen LogP contribution in [0.15, 0.2) is 73.1 Å². The average Bonchev–Trinajstić information content (AvgIpc) is 3.36. The first-order chi connectivity index (χ1) is 17.4. The monoisotopic (exact) mass is 488 g/mol. The first-order valence-electron chi connectivity index (χ1n) is 11.8. The molecule has 0 bridgehead atoms. The normalized spacial score (nSPS) is 24.2. The molecule has 1 aromatic heterocycles. The molecule has 0 unspecified atom stereocenters. The number of nitrogens with zero attached hydrogens (tertiary/aromatic N) is 2. The fraction of sp³-hybridized carbons (Fsp3) is 0.333. The van der Waals surface area contributed by atoms with E-state index in [1.54, 1.807) is 18.2 Å². The molecule has 3 atom stereocenters. The first kappa shape index (κ1) is 24.1. The van der Waals surface area contributed by atoms with Crippen molar-refractivity contribution in [2.75, 3.05) is 19.7 Å². The summed E-state index contributed by atoms with van der Waals surface area (Å²) in [5.41, 5.74) is 2.22. The Balaban J connectivity index is 1.22. The predicted molar refractivity (Wildman–Crippen MR) is 131 cm³/mol. The lowest BCUT2D eigenvalue weighted by molar-refractivity contribution is -0.188. The number of carbonyl (C=O) groups is 2. The van der Waals surface area contributed by atoms with E-state index in [0.29, 0.717) is 11.1 Å². The number of hydrogen-bond acceptors (Lipinski definition) is 7. The molecule has 2 saturated heterocycles. The Hall–Kier alpha value is -3.66. The van der Waals surface area contributed by atoms with Gasteiger partial charge in [-0.15, -0.1) is 0 Å². The van der Waals surface area contributed by atoms with Crippen molar-refractivity contribution in [3.05, 3.63) is 84.2 Å². The molecule has 2 N–H and O–H groups in total. The van der Waals surface area contributed by atoms with Crippen LogP contribution in [0.3, 0.4) is 0 Å². The van der Waals surface area contributed by atoms with Gasteiger partial charge in [0.05, 0.1) is 31.1 Å². The zero-order valence-corrected chi connectivity index (χ0v) is 20.1. The number of benzene rings is 2. The maximum Gasteiger partial charge on any atom is 0.253 e. The maximum absolute atomic E-state index is 12.9. The van der Waals surface area contributed by atoms with Gasteiger partial charge in [-0.2, -0.15) is 10.2 Å². The summed E-state index contributed by atoms with van der Waals surface area (Å²) in [6, 6.07) is 19.0. The Morgan fingerprint density at radius 3 is 2.36 bits per heavy atom. The fourth-order valence-corrected chi connectivity index (χ4v) is 4.70. The highest BCUT2D eigenvalue weighted by molar-refractivity contribution is 5.95. The minimum Gasteiger partial charge on any atom is -0.370 e. The first-order valence-corrected chi connectivity index (χ1v) is 11.8. The van der Waals surface area contributed by atoms with E-state index >= 15 is 0 Å². The van der Waals surface area contributed by atoms with Crippen LogP contribution in [-0.2, 0) is 14.2 Å². The minimum atomic E-state index is -0.864. The van der Waals surface area contributed by atoms with E-state index in [-0.39, 0.29) is 31.5 Å². The van der Waals surface area contributed by atoms with Crippen LogP contribution in [0.4, 0.5) is 0 Å². The summed E-state index contributed by atoms with van der Waals surface area (Å²) in [5, 5.41) is 13.2. The summed E-state index contributed by atoms with van der Waals surface area (Å²) in [6.45, 7) is 4.32. The predicted octanol–water partition coefficient (Wildman–Crippen LogP) is 2.59. The van der Waals surface area contributed by atoms with Gasteiger partial charge in [0.1, 0.15) is 17.8 Å². The van der Waals surface area contributed by atoms with Gasteiger partial charge in [0.25, 0.3) is 11.8 Å². The third kappa shape index (κ3) is 4.99. The molecule has 2 fully saturated rings. The number of nitrogens with one attached hydrogen (secondary N) is 2. The Labute approximate surface area is 209 Å². The molecule has 3 aromatic rings. The lowest BCUT2D eigenvalue weighted by atomic mass is 9.96. The second-order valence-corrected chi connectivity index (χ2v) is 9.42. The molecule has 186 valence electrons. The second kappa shape index (κ2) is 9.77. The highest BCUT2D eigenvalue weighted by Crippen LogP contribution is 2.43. The van der Waals surface area contributed by atoms with Crippen molar-refractivity contribution in [3.8, 4) is 11.1 Å². The summed E-state index contributed by atoms with van der Waals surface area (Å²) in [5.74, 6) is -1.34. The molecule has 2 amide bonds. The van der Waals surface area contributed by atoms with Crippen LogP contribution in [0.2, 0.25) is 0 Å². The van der Waals surface area contributed by atoms with Gasteiger partial charge in [0, 0.05) is 12.1 Å². The summed E-state index contributed by atoms with van der Waals surface area (Å²) < 4.78 is 18.4. The Morgan fingerprint density at radius 1 is 0.917 bits per heavy atom. The van der Waals surface area contributed by atoms with Gasteiger partial charge in [-0.1, -0.05) is 42.5 Å². The number of hydrogen-bond donors (Lipinski definition) is 2. The van der Waals surface area contributed by atoms with Gasteiger partial charge in [-0.05, 0) is 43.2 Å². The number of ether oxygens (including phenoxy) is 3. The van der Waals surface area contributed by atoms with Crippen LogP contribution in [0.25, 0.3) is 11.1 Å². The SMILES string of the molecule is CC1(C)O[C@@H]2[C@@H](CNC(=O)c3ccnnc3)OC[C@]2(CNC(=O)c2ccc(-c3ccccc3)cc2)O1. The molecular weight excluding hydrogens is 460 g/mol. The Morgan fingerprint density at radius 2 is 1.64 bits per heavy atom. The highest BCUT2D eigenvalue weighted by atomic mass is 16.8. The van der Waals surface area contributed by atoms with E-state index in [2.05, 4.69) is 20.8 Å². The van der Waals surface area contributed by atoms with Crippen molar-refractivity contribution < 1.29 is 23.8 Å². The highest BCUT2D eigenvalue weighted by Gasteiger charge is 2.61. The summed E-state index contributed by atoms with van der Waals surface area (Å²) in [7, 11) is 0. The molecule has 0 saturated carbocycles.